The number of hydrogen-bond acceptors (Lipinski definition) is 7. The van der Waals surface area contributed by atoms with Crippen LogP contribution < -0.4 is 21.8 Å². The lowest BCUT2D eigenvalue weighted by Crippen LogP contribution is -2.56. The summed E-state index contributed by atoms with van der Waals surface area (Å²) in [5.74, 6) is -3.63. The first-order valence-electron chi connectivity index (χ1n) is 12.2. The third-order valence-electron chi connectivity index (χ3n) is 5.55. The lowest BCUT2D eigenvalue weighted by molar-refractivity contribution is -0.142. The Balaban J connectivity index is 1.86. The van der Waals surface area contributed by atoms with Crippen molar-refractivity contribution >= 4 is 35.6 Å². The van der Waals surface area contributed by atoms with E-state index in [0.717, 1.165) is 37.0 Å². The molecular weight excluding hydrogens is 496 g/mol. The lowest BCUT2D eigenvalue weighted by atomic mass is 10.1. The average Bonchev–Trinajstić information content (AvgIpc) is 2.90. The lowest BCUT2D eigenvalue weighted by Gasteiger charge is -2.26. The molecule has 0 aromatic heterocycles. The molecule has 1 aromatic rings. The first-order chi connectivity index (χ1) is 18.1. The quantitative estimate of drug-likeness (QED) is 0.237. The number of nitrogens with zero attached hydrogens (tertiary/aromatic N) is 2. The number of hydrogen-bond donors (Lipinski definition) is 4. The van der Waals surface area contributed by atoms with Gasteiger partial charge < -0.3 is 26.0 Å². The van der Waals surface area contributed by atoms with Crippen molar-refractivity contribution in [1.29, 1.82) is 0 Å². The maximum absolute atomic E-state index is 12.6. The normalized spacial score (nSPS) is 14.6. The molecule has 206 valence electrons. The van der Waals surface area contributed by atoms with E-state index in [0.29, 0.717) is 18.1 Å². The van der Waals surface area contributed by atoms with Gasteiger partial charge in [0.25, 0.3) is 11.8 Å². The highest BCUT2D eigenvalue weighted by atomic mass is 16.5. The molecule has 38 heavy (non-hydrogen) atoms. The van der Waals surface area contributed by atoms with Gasteiger partial charge in [0.15, 0.2) is 0 Å². The van der Waals surface area contributed by atoms with Crippen LogP contribution in [0.1, 0.15) is 38.7 Å². The number of piperidine rings is 1. The summed E-state index contributed by atoms with van der Waals surface area (Å²) in [6, 6.07) is 6.77. The molecule has 1 fully saturated rings. The van der Waals surface area contributed by atoms with Crippen molar-refractivity contribution in [2.75, 3.05) is 19.6 Å². The summed E-state index contributed by atoms with van der Waals surface area (Å²) in [6.45, 7) is 3.29. The van der Waals surface area contributed by atoms with Gasteiger partial charge in [-0.1, -0.05) is 30.3 Å². The van der Waals surface area contributed by atoms with Crippen LogP contribution in [0.3, 0.4) is 0 Å². The molecule has 1 heterocycles. The number of carbonyl (C=O) groups is 6. The number of likely N-dealkylation sites (tertiary alicyclic amines) is 1. The van der Waals surface area contributed by atoms with Crippen LogP contribution in [0.2, 0.25) is 0 Å². The van der Waals surface area contributed by atoms with Crippen LogP contribution in [0.25, 0.3) is 0 Å². The van der Waals surface area contributed by atoms with Gasteiger partial charge in [-0.2, -0.15) is 0 Å². The summed E-state index contributed by atoms with van der Waals surface area (Å²) in [4.78, 5) is 74.8. The second kappa shape index (κ2) is 15.0. The maximum Gasteiger partial charge on any atom is 0.408 e. The Bertz CT molecular complexity index is 1040. The third-order valence-corrected chi connectivity index (χ3v) is 5.55. The molecule has 0 spiro atoms. The molecule has 13 heteroatoms. The van der Waals surface area contributed by atoms with Crippen molar-refractivity contribution in [2.45, 2.75) is 51.8 Å². The maximum atomic E-state index is 12.6. The van der Waals surface area contributed by atoms with Gasteiger partial charge in [0.1, 0.15) is 25.2 Å². The average molecular weight is 531 g/mol. The molecule has 2 atom stereocenters. The zero-order valence-corrected chi connectivity index (χ0v) is 21.5. The van der Waals surface area contributed by atoms with Crippen molar-refractivity contribution in [3.63, 3.8) is 0 Å². The van der Waals surface area contributed by atoms with E-state index >= 15 is 0 Å². The van der Waals surface area contributed by atoms with E-state index in [-0.39, 0.29) is 12.5 Å². The monoisotopic (exact) mass is 530 g/mol. The summed E-state index contributed by atoms with van der Waals surface area (Å²) in [6.07, 6.45) is 3.98. The molecule has 5 N–H and O–H groups in total. The fraction of sp³-hybridized carbons (Fsp3) is 0.440. The van der Waals surface area contributed by atoms with Gasteiger partial charge in [-0.15, -0.1) is 0 Å². The van der Waals surface area contributed by atoms with Gasteiger partial charge in [0.2, 0.25) is 17.7 Å². The van der Waals surface area contributed by atoms with Crippen molar-refractivity contribution in [1.82, 2.24) is 26.0 Å². The highest BCUT2D eigenvalue weighted by Gasteiger charge is 2.25. The smallest absolute Gasteiger partial charge is 0.408 e. The van der Waals surface area contributed by atoms with Gasteiger partial charge in [0, 0.05) is 25.2 Å². The van der Waals surface area contributed by atoms with E-state index in [9.17, 15) is 28.8 Å². The number of rotatable bonds is 10. The molecular formula is C25H34N6O7. The predicted octanol–water partition coefficient (Wildman–Crippen LogP) is -0.280. The SMILES string of the molecule is CC(NC(=O)OCc1ccccc1)C(=O)NC(C)C(=O)NN(CC(N)=O)C(=O)/C=C/C(=O)N1CCCCC1. The number of primary amides is 1. The first-order valence-corrected chi connectivity index (χ1v) is 12.2. The molecule has 1 saturated heterocycles. The molecule has 1 aliphatic heterocycles. The van der Waals surface area contributed by atoms with E-state index < -0.39 is 48.4 Å². The van der Waals surface area contributed by atoms with Gasteiger partial charge >= 0.3 is 6.09 Å². The molecule has 0 saturated carbocycles. The Labute approximate surface area is 220 Å². The number of hydrazine groups is 1. The van der Waals surface area contributed by atoms with E-state index in [1.807, 2.05) is 6.07 Å². The topological polar surface area (TPSA) is 180 Å². The minimum atomic E-state index is -1.16. The van der Waals surface area contributed by atoms with E-state index in [4.69, 9.17) is 10.5 Å². The second-order valence-electron chi connectivity index (χ2n) is 8.74. The zero-order chi connectivity index (χ0) is 28.1. The summed E-state index contributed by atoms with van der Waals surface area (Å²) in [7, 11) is 0. The van der Waals surface area contributed by atoms with Crippen LogP contribution in [0, 0.1) is 0 Å². The molecule has 2 rings (SSSR count). The Kier molecular flexibility index (Phi) is 11.7. The molecule has 0 radical (unpaired) electrons. The molecule has 0 bridgehead atoms. The van der Waals surface area contributed by atoms with Crippen LogP contribution in [0.4, 0.5) is 4.79 Å². The number of alkyl carbamates (subject to hydrolysis) is 1. The van der Waals surface area contributed by atoms with Crippen molar-refractivity contribution in [3.8, 4) is 0 Å². The van der Waals surface area contributed by atoms with Gasteiger partial charge in [-0.3, -0.25) is 29.4 Å². The number of ether oxygens (including phenoxy) is 1. The molecule has 6 amide bonds. The summed E-state index contributed by atoms with van der Waals surface area (Å²) < 4.78 is 5.07. The molecule has 13 nitrogen and oxygen atoms in total. The predicted molar refractivity (Wildman–Crippen MR) is 135 cm³/mol. The fourth-order valence-corrected chi connectivity index (χ4v) is 3.42. The summed E-state index contributed by atoms with van der Waals surface area (Å²) in [5.41, 5.74) is 8.16. The minimum absolute atomic E-state index is 0.0155. The van der Waals surface area contributed by atoms with Crippen molar-refractivity contribution in [3.05, 3.63) is 48.0 Å². The Morgan fingerprint density at radius 2 is 1.58 bits per heavy atom. The Morgan fingerprint density at radius 3 is 2.21 bits per heavy atom. The van der Waals surface area contributed by atoms with Crippen LogP contribution >= 0.6 is 0 Å². The fourth-order valence-electron chi connectivity index (χ4n) is 3.42. The molecule has 2 unspecified atom stereocenters. The molecule has 0 aliphatic carbocycles. The van der Waals surface area contributed by atoms with E-state index in [1.165, 1.54) is 13.8 Å². The molecule has 1 aliphatic rings. The summed E-state index contributed by atoms with van der Waals surface area (Å²) >= 11 is 0. The largest absolute Gasteiger partial charge is 0.445 e. The van der Waals surface area contributed by atoms with Crippen LogP contribution in [0.5, 0.6) is 0 Å². The third kappa shape index (κ3) is 10.3. The van der Waals surface area contributed by atoms with E-state index in [1.54, 1.807) is 29.2 Å². The van der Waals surface area contributed by atoms with E-state index in [2.05, 4.69) is 16.1 Å². The van der Waals surface area contributed by atoms with Crippen molar-refractivity contribution < 1.29 is 33.5 Å². The number of carbonyl (C=O) groups excluding carboxylic acids is 6. The highest BCUT2D eigenvalue weighted by Crippen LogP contribution is 2.09. The summed E-state index contributed by atoms with van der Waals surface area (Å²) in [5, 5.41) is 5.40. The first kappa shape index (κ1) is 29.8. The zero-order valence-electron chi connectivity index (χ0n) is 21.5. The number of amides is 6. The van der Waals surface area contributed by atoms with Crippen LogP contribution in [0.15, 0.2) is 42.5 Å². The Hall–Kier alpha value is -4.42. The Morgan fingerprint density at radius 1 is 0.947 bits per heavy atom. The number of nitrogens with two attached hydrogens (primary N) is 1. The van der Waals surface area contributed by atoms with Crippen molar-refractivity contribution in [2.24, 2.45) is 5.73 Å². The highest BCUT2D eigenvalue weighted by molar-refractivity contribution is 5.99. The van der Waals surface area contributed by atoms with Gasteiger partial charge in [0.05, 0.1) is 0 Å². The molecule has 1 aromatic carbocycles. The second-order valence-corrected chi connectivity index (χ2v) is 8.74. The van der Waals surface area contributed by atoms with Crippen LogP contribution in [-0.2, 0) is 35.3 Å². The van der Waals surface area contributed by atoms with Gasteiger partial charge in [-0.25, -0.2) is 9.80 Å². The number of nitrogens with one attached hydrogen (secondary N) is 3. The van der Waals surface area contributed by atoms with Gasteiger partial charge in [-0.05, 0) is 38.7 Å². The minimum Gasteiger partial charge on any atom is -0.445 e. The number of benzene rings is 1. The van der Waals surface area contributed by atoms with Crippen LogP contribution in [-0.4, -0.2) is 77.3 Å². The standard InChI is InChI=1S/C25H34N6O7/c1-17(28-25(37)38-16-19-9-5-3-6-10-19)23(35)27-18(2)24(36)29-31(15-20(26)32)22(34)12-11-21(33)30-13-7-4-8-14-30/h3,5-6,9-12,17-18H,4,7-8,13-16H2,1-2H3,(H2,26,32)(H,27,35)(H,28,37)(H,29,36)/b12-11+.